The predicted molar refractivity (Wildman–Crippen MR) is 109 cm³/mol. The van der Waals surface area contributed by atoms with Gasteiger partial charge in [-0.2, -0.15) is 5.10 Å². The molecule has 1 aromatic carbocycles. The number of hydrazone groups is 1. The number of nitrogens with two attached hydrogens (primary N) is 1. The molecule has 8 heteroatoms. The van der Waals surface area contributed by atoms with Gasteiger partial charge in [0.2, 0.25) is 5.91 Å². The van der Waals surface area contributed by atoms with Crippen LogP contribution in [0.25, 0.3) is 0 Å². The first-order valence-corrected chi connectivity index (χ1v) is 9.91. The lowest BCUT2D eigenvalue weighted by Crippen LogP contribution is -2.19. The summed E-state index contributed by atoms with van der Waals surface area (Å²) in [6, 6.07) is 5.57. The molecule has 0 aliphatic heterocycles. The van der Waals surface area contributed by atoms with Gasteiger partial charge in [-0.25, -0.2) is 10.4 Å². The summed E-state index contributed by atoms with van der Waals surface area (Å²) in [5.41, 5.74) is 9.47. The summed E-state index contributed by atoms with van der Waals surface area (Å²) >= 11 is 1.31. The minimum absolute atomic E-state index is 0.139. The molecule has 146 valence electrons. The topological polar surface area (TPSA) is 98.8 Å². The lowest BCUT2D eigenvalue weighted by Gasteiger charge is -2.12. The molecular formula is C19H26N4O3S. The minimum atomic E-state index is -0.252. The van der Waals surface area contributed by atoms with Crippen molar-refractivity contribution in [1.29, 1.82) is 0 Å². The fourth-order valence-corrected chi connectivity index (χ4v) is 2.88. The van der Waals surface area contributed by atoms with Crippen molar-refractivity contribution in [2.45, 2.75) is 39.5 Å². The van der Waals surface area contributed by atoms with E-state index in [2.05, 4.69) is 22.4 Å². The van der Waals surface area contributed by atoms with Crippen molar-refractivity contribution in [2.24, 2.45) is 5.10 Å². The Balaban J connectivity index is 1.91. The van der Waals surface area contributed by atoms with E-state index in [1.54, 1.807) is 11.6 Å². The quantitative estimate of drug-likeness (QED) is 0.348. The molecule has 0 saturated carbocycles. The molecule has 0 aliphatic carbocycles. The third-order valence-corrected chi connectivity index (χ3v) is 4.31. The van der Waals surface area contributed by atoms with Crippen molar-refractivity contribution in [3.05, 3.63) is 34.8 Å². The van der Waals surface area contributed by atoms with Crippen LogP contribution in [0, 0.1) is 0 Å². The van der Waals surface area contributed by atoms with Gasteiger partial charge in [0.25, 0.3) is 0 Å². The van der Waals surface area contributed by atoms with E-state index in [1.165, 1.54) is 11.3 Å². The van der Waals surface area contributed by atoms with Gasteiger partial charge < -0.3 is 15.2 Å². The highest BCUT2D eigenvalue weighted by molar-refractivity contribution is 7.13. The van der Waals surface area contributed by atoms with Gasteiger partial charge in [-0.1, -0.05) is 19.8 Å². The molecule has 1 aromatic heterocycles. The number of nitrogens with zero attached hydrogens (tertiary/aromatic N) is 2. The molecule has 27 heavy (non-hydrogen) atoms. The molecule has 0 aliphatic rings. The number of hydrogen-bond acceptors (Lipinski definition) is 7. The number of ether oxygens (including phenoxy) is 2. The van der Waals surface area contributed by atoms with E-state index in [-0.39, 0.29) is 12.3 Å². The van der Waals surface area contributed by atoms with Crippen molar-refractivity contribution in [2.75, 3.05) is 18.9 Å². The van der Waals surface area contributed by atoms with Crippen LogP contribution in [-0.2, 0) is 11.2 Å². The number of carbonyl (C=O) groups excluding carboxylic acids is 1. The lowest BCUT2D eigenvalue weighted by atomic mass is 10.2. The Morgan fingerprint density at radius 3 is 2.85 bits per heavy atom. The Kier molecular flexibility index (Phi) is 8.57. The number of amides is 1. The Hall–Kier alpha value is -2.61. The van der Waals surface area contributed by atoms with E-state index >= 15 is 0 Å². The number of anilines is 1. The Morgan fingerprint density at radius 2 is 2.15 bits per heavy atom. The molecule has 0 unspecified atom stereocenters. The van der Waals surface area contributed by atoms with Crippen LogP contribution in [0.1, 0.15) is 44.4 Å². The van der Waals surface area contributed by atoms with Gasteiger partial charge in [0, 0.05) is 5.38 Å². The lowest BCUT2D eigenvalue weighted by molar-refractivity contribution is -0.120. The highest BCUT2D eigenvalue weighted by Gasteiger charge is 2.07. The van der Waals surface area contributed by atoms with Crippen LogP contribution in [0.2, 0.25) is 0 Å². The zero-order valence-corrected chi connectivity index (χ0v) is 16.6. The molecule has 1 amide bonds. The minimum Gasteiger partial charge on any atom is -0.490 e. The molecular weight excluding hydrogens is 364 g/mol. The first-order valence-electron chi connectivity index (χ1n) is 9.03. The second-order valence-corrected chi connectivity index (χ2v) is 6.73. The van der Waals surface area contributed by atoms with Crippen LogP contribution >= 0.6 is 11.3 Å². The number of benzene rings is 1. The van der Waals surface area contributed by atoms with Gasteiger partial charge in [0.15, 0.2) is 16.6 Å². The molecule has 0 saturated heterocycles. The summed E-state index contributed by atoms with van der Waals surface area (Å²) in [7, 11) is 0. The standard InChI is InChI=1S/C19H26N4O3S/c1-3-5-6-9-26-16-8-7-14(10-17(16)25-4-2)12-21-23-18(24)11-15-13-27-19(20)22-15/h7-8,10,12-13H,3-6,9,11H2,1-2H3,(H2,20,22)(H,23,24)/b21-12+. The number of nitrogen functional groups attached to an aromatic ring is 1. The summed E-state index contributed by atoms with van der Waals surface area (Å²) in [4.78, 5) is 15.9. The van der Waals surface area contributed by atoms with Gasteiger partial charge >= 0.3 is 0 Å². The number of aromatic nitrogens is 1. The predicted octanol–water partition coefficient (Wildman–Crippen LogP) is 3.39. The maximum absolute atomic E-state index is 11.9. The van der Waals surface area contributed by atoms with Gasteiger partial charge in [-0.05, 0) is 37.1 Å². The number of rotatable bonds is 11. The van der Waals surface area contributed by atoms with Gasteiger partial charge in [0.1, 0.15) is 0 Å². The summed E-state index contributed by atoms with van der Waals surface area (Å²) in [5, 5.41) is 6.19. The molecule has 0 fully saturated rings. The third-order valence-electron chi connectivity index (χ3n) is 3.59. The monoisotopic (exact) mass is 390 g/mol. The average Bonchev–Trinajstić information content (AvgIpc) is 3.05. The van der Waals surface area contributed by atoms with Crippen LogP contribution < -0.4 is 20.6 Å². The van der Waals surface area contributed by atoms with E-state index in [9.17, 15) is 4.79 Å². The summed E-state index contributed by atoms with van der Waals surface area (Å²) < 4.78 is 11.5. The number of carbonyl (C=O) groups is 1. The number of unbranched alkanes of at least 4 members (excludes halogenated alkanes) is 2. The smallest absolute Gasteiger partial charge is 0.246 e. The zero-order chi connectivity index (χ0) is 19.5. The second kappa shape index (κ2) is 11.2. The summed E-state index contributed by atoms with van der Waals surface area (Å²) in [6.07, 6.45) is 5.01. The highest BCUT2D eigenvalue weighted by Crippen LogP contribution is 2.28. The van der Waals surface area contributed by atoms with Crippen LogP contribution in [-0.4, -0.2) is 30.3 Å². The van der Waals surface area contributed by atoms with Crippen molar-refractivity contribution in [3.63, 3.8) is 0 Å². The van der Waals surface area contributed by atoms with Crippen molar-refractivity contribution in [1.82, 2.24) is 10.4 Å². The van der Waals surface area contributed by atoms with E-state index in [0.717, 1.165) is 30.6 Å². The molecule has 0 radical (unpaired) electrons. The Bertz CT molecular complexity index is 761. The van der Waals surface area contributed by atoms with E-state index in [4.69, 9.17) is 15.2 Å². The molecule has 2 rings (SSSR count). The maximum atomic E-state index is 11.9. The average molecular weight is 391 g/mol. The van der Waals surface area contributed by atoms with E-state index in [0.29, 0.717) is 29.8 Å². The first-order chi connectivity index (χ1) is 13.1. The van der Waals surface area contributed by atoms with E-state index < -0.39 is 0 Å². The van der Waals surface area contributed by atoms with Crippen molar-refractivity contribution in [3.8, 4) is 11.5 Å². The van der Waals surface area contributed by atoms with Gasteiger partial charge in [0.05, 0.1) is 31.5 Å². The number of thiazole rings is 1. The van der Waals surface area contributed by atoms with Gasteiger partial charge in [-0.3, -0.25) is 4.79 Å². The molecule has 3 N–H and O–H groups in total. The molecule has 7 nitrogen and oxygen atoms in total. The Morgan fingerprint density at radius 1 is 1.30 bits per heavy atom. The largest absolute Gasteiger partial charge is 0.490 e. The molecule has 0 spiro atoms. The second-order valence-electron chi connectivity index (χ2n) is 5.84. The Labute approximate surface area is 163 Å². The summed E-state index contributed by atoms with van der Waals surface area (Å²) in [5.74, 6) is 1.13. The fraction of sp³-hybridized carbons (Fsp3) is 0.421. The SMILES string of the molecule is CCCCCOc1ccc(/C=N/NC(=O)Cc2csc(N)n2)cc1OCC. The van der Waals surface area contributed by atoms with Crippen molar-refractivity contribution >= 4 is 28.6 Å². The fourth-order valence-electron chi connectivity index (χ4n) is 2.31. The molecule has 0 bridgehead atoms. The molecule has 1 heterocycles. The van der Waals surface area contributed by atoms with Crippen molar-refractivity contribution < 1.29 is 14.3 Å². The van der Waals surface area contributed by atoms with Gasteiger partial charge in [-0.15, -0.1) is 11.3 Å². The molecule has 0 atom stereocenters. The van der Waals surface area contributed by atoms with Crippen LogP contribution in [0.3, 0.4) is 0 Å². The van der Waals surface area contributed by atoms with E-state index in [1.807, 2.05) is 25.1 Å². The van der Waals surface area contributed by atoms with Crippen LogP contribution in [0.5, 0.6) is 11.5 Å². The zero-order valence-electron chi connectivity index (χ0n) is 15.7. The molecule has 2 aromatic rings. The van der Waals surface area contributed by atoms with Crippen LogP contribution in [0.4, 0.5) is 5.13 Å². The number of hydrogen-bond donors (Lipinski definition) is 2. The highest BCUT2D eigenvalue weighted by atomic mass is 32.1. The normalized spacial score (nSPS) is 10.9. The maximum Gasteiger partial charge on any atom is 0.246 e. The number of nitrogens with one attached hydrogen (secondary N) is 1. The summed E-state index contributed by atoms with van der Waals surface area (Å²) in [6.45, 7) is 5.29. The first kappa shape index (κ1) is 20.7. The van der Waals surface area contributed by atoms with Crippen LogP contribution in [0.15, 0.2) is 28.7 Å². The third kappa shape index (κ3) is 7.26.